The summed E-state index contributed by atoms with van der Waals surface area (Å²) in [6.07, 6.45) is 1.55. The number of nitrogens with zero attached hydrogens (tertiary/aromatic N) is 4. The van der Waals surface area contributed by atoms with Gasteiger partial charge in [0.2, 0.25) is 5.91 Å². The number of anilines is 2. The van der Waals surface area contributed by atoms with Gasteiger partial charge in [0.1, 0.15) is 17.0 Å². The van der Waals surface area contributed by atoms with Crippen molar-refractivity contribution >= 4 is 39.0 Å². The number of para-hydroxylation sites is 1. The number of thiophene rings is 1. The highest BCUT2D eigenvalue weighted by molar-refractivity contribution is 7.18. The third-order valence-corrected chi connectivity index (χ3v) is 5.57. The molecule has 3 aromatic rings. The normalized spacial score (nSPS) is 14.7. The molecule has 1 N–H and O–H groups in total. The van der Waals surface area contributed by atoms with Crippen molar-refractivity contribution in [2.45, 2.75) is 6.92 Å². The summed E-state index contributed by atoms with van der Waals surface area (Å²) in [5, 5.41) is 4.17. The number of carbonyl (C=O) groups excluding carboxylic acids is 1. The average Bonchev–Trinajstić information content (AvgIpc) is 3.07. The molecular weight excluding hydrogens is 346 g/mol. The van der Waals surface area contributed by atoms with E-state index in [1.165, 1.54) is 10.6 Å². The Labute approximate surface area is 156 Å². The molecule has 1 saturated heterocycles. The van der Waals surface area contributed by atoms with Crippen LogP contribution in [0.1, 0.15) is 4.88 Å². The molecule has 1 aliphatic rings. The molecule has 1 amide bonds. The van der Waals surface area contributed by atoms with Crippen LogP contribution in [0.25, 0.3) is 10.2 Å². The molecule has 0 bridgehead atoms. The second kappa shape index (κ2) is 7.29. The quantitative estimate of drug-likeness (QED) is 0.768. The van der Waals surface area contributed by atoms with E-state index in [9.17, 15) is 4.79 Å². The van der Waals surface area contributed by atoms with Gasteiger partial charge in [-0.25, -0.2) is 9.97 Å². The Morgan fingerprint density at radius 3 is 2.69 bits per heavy atom. The van der Waals surface area contributed by atoms with Gasteiger partial charge in [-0.3, -0.25) is 4.79 Å². The van der Waals surface area contributed by atoms with Crippen LogP contribution in [-0.4, -0.2) is 53.5 Å². The zero-order chi connectivity index (χ0) is 17.9. The maximum atomic E-state index is 12.6. The van der Waals surface area contributed by atoms with Crippen molar-refractivity contribution in [2.24, 2.45) is 0 Å². The number of amides is 1. The maximum absolute atomic E-state index is 12.6. The highest BCUT2D eigenvalue weighted by atomic mass is 32.1. The fourth-order valence-corrected chi connectivity index (χ4v) is 4.09. The van der Waals surface area contributed by atoms with Gasteiger partial charge in [0, 0.05) is 36.7 Å². The van der Waals surface area contributed by atoms with Crippen LogP contribution >= 0.6 is 11.3 Å². The lowest BCUT2D eigenvalue weighted by Crippen LogP contribution is -2.50. The lowest BCUT2D eigenvalue weighted by atomic mass is 10.2. The molecule has 134 valence electrons. The minimum Gasteiger partial charge on any atom is -0.368 e. The second-order valence-corrected chi connectivity index (χ2v) is 7.59. The van der Waals surface area contributed by atoms with Gasteiger partial charge in [0.25, 0.3) is 0 Å². The van der Waals surface area contributed by atoms with E-state index in [0.29, 0.717) is 0 Å². The largest absolute Gasteiger partial charge is 0.368 e. The van der Waals surface area contributed by atoms with Crippen LogP contribution < -0.4 is 10.2 Å². The number of aromatic nitrogens is 2. The third kappa shape index (κ3) is 3.48. The molecule has 0 spiro atoms. The van der Waals surface area contributed by atoms with E-state index in [4.69, 9.17) is 0 Å². The van der Waals surface area contributed by atoms with Crippen molar-refractivity contribution in [1.29, 1.82) is 0 Å². The van der Waals surface area contributed by atoms with Crippen molar-refractivity contribution in [3.63, 3.8) is 0 Å². The smallest absolute Gasteiger partial charge is 0.242 e. The summed E-state index contributed by atoms with van der Waals surface area (Å²) in [7, 11) is 0. The molecule has 6 nitrogen and oxygen atoms in total. The summed E-state index contributed by atoms with van der Waals surface area (Å²) in [5.41, 5.74) is 1.22. The number of carbonyl (C=O) groups is 1. The van der Waals surface area contributed by atoms with Crippen LogP contribution in [-0.2, 0) is 4.79 Å². The first-order valence-corrected chi connectivity index (χ1v) is 9.55. The van der Waals surface area contributed by atoms with Crippen molar-refractivity contribution in [3.05, 3.63) is 47.6 Å². The lowest BCUT2D eigenvalue weighted by Gasteiger charge is -2.36. The summed E-state index contributed by atoms with van der Waals surface area (Å²) >= 11 is 1.63. The van der Waals surface area contributed by atoms with Crippen LogP contribution in [0.4, 0.5) is 11.5 Å². The van der Waals surface area contributed by atoms with E-state index in [-0.39, 0.29) is 12.5 Å². The summed E-state index contributed by atoms with van der Waals surface area (Å²) in [5.74, 6) is 0.840. The molecule has 1 aromatic carbocycles. The molecule has 0 unspecified atom stereocenters. The van der Waals surface area contributed by atoms with E-state index < -0.39 is 0 Å². The molecule has 2 aromatic heterocycles. The first kappa shape index (κ1) is 16.8. The van der Waals surface area contributed by atoms with Crippen LogP contribution in [0.5, 0.6) is 0 Å². The Morgan fingerprint density at radius 1 is 1.15 bits per heavy atom. The summed E-state index contributed by atoms with van der Waals surface area (Å²) in [6.45, 7) is 5.51. The number of fused-ring (bicyclic) bond motifs is 1. The Balaban J connectivity index is 1.34. The molecule has 3 heterocycles. The van der Waals surface area contributed by atoms with E-state index in [0.717, 1.165) is 42.2 Å². The molecule has 26 heavy (non-hydrogen) atoms. The molecule has 0 aliphatic carbocycles. The topological polar surface area (TPSA) is 61.4 Å². The van der Waals surface area contributed by atoms with Crippen LogP contribution in [0.2, 0.25) is 0 Å². The number of hydrogen-bond donors (Lipinski definition) is 1. The summed E-state index contributed by atoms with van der Waals surface area (Å²) < 4.78 is 0. The monoisotopic (exact) mass is 367 g/mol. The number of hydrogen-bond acceptors (Lipinski definition) is 6. The first-order chi connectivity index (χ1) is 12.7. The second-order valence-electron chi connectivity index (χ2n) is 6.36. The fourth-order valence-electron chi connectivity index (χ4n) is 3.24. The van der Waals surface area contributed by atoms with Crippen molar-refractivity contribution in [3.8, 4) is 0 Å². The van der Waals surface area contributed by atoms with Gasteiger partial charge in [-0.05, 0) is 25.1 Å². The minimum absolute atomic E-state index is 0.108. The Bertz CT molecular complexity index is 903. The zero-order valence-corrected chi connectivity index (χ0v) is 15.5. The average molecular weight is 367 g/mol. The molecule has 0 saturated carbocycles. The maximum Gasteiger partial charge on any atom is 0.242 e. The zero-order valence-electron chi connectivity index (χ0n) is 14.7. The molecule has 0 atom stereocenters. The summed E-state index contributed by atoms with van der Waals surface area (Å²) in [6, 6.07) is 12.4. The molecule has 1 fully saturated rings. The van der Waals surface area contributed by atoms with E-state index in [2.05, 4.69) is 38.4 Å². The number of rotatable bonds is 4. The van der Waals surface area contributed by atoms with Crippen LogP contribution in [0.3, 0.4) is 0 Å². The van der Waals surface area contributed by atoms with Crippen LogP contribution in [0.15, 0.2) is 42.7 Å². The Kier molecular flexibility index (Phi) is 4.71. The molecular formula is C19H21N5OS. The third-order valence-electron chi connectivity index (χ3n) is 4.61. The standard InChI is InChI=1S/C19H21N5OS/c1-14-11-16-18(21-13-22-19(16)26-14)20-12-17(25)24-9-7-23(8-10-24)15-5-3-2-4-6-15/h2-6,11,13H,7-10,12H2,1H3,(H,20,21,22). The number of aryl methyl sites for hydroxylation is 1. The van der Waals surface area contributed by atoms with Crippen molar-refractivity contribution < 1.29 is 4.79 Å². The Hall–Kier alpha value is -2.67. The molecule has 4 rings (SSSR count). The fraction of sp³-hybridized carbons (Fsp3) is 0.316. The van der Waals surface area contributed by atoms with Gasteiger partial charge in [-0.2, -0.15) is 0 Å². The molecule has 0 radical (unpaired) electrons. The highest BCUT2D eigenvalue weighted by Crippen LogP contribution is 2.27. The van der Waals surface area contributed by atoms with Gasteiger partial charge < -0.3 is 15.1 Å². The number of nitrogens with one attached hydrogen (secondary N) is 1. The predicted molar refractivity (Wildman–Crippen MR) is 106 cm³/mol. The van der Waals surface area contributed by atoms with Gasteiger partial charge in [-0.1, -0.05) is 18.2 Å². The van der Waals surface area contributed by atoms with E-state index in [1.54, 1.807) is 17.7 Å². The van der Waals surface area contributed by atoms with Crippen molar-refractivity contribution in [1.82, 2.24) is 14.9 Å². The van der Waals surface area contributed by atoms with E-state index >= 15 is 0 Å². The molecule has 1 aliphatic heterocycles. The predicted octanol–water partition coefficient (Wildman–Crippen LogP) is 2.76. The van der Waals surface area contributed by atoms with Gasteiger partial charge in [-0.15, -0.1) is 11.3 Å². The number of piperazine rings is 1. The van der Waals surface area contributed by atoms with Crippen LogP contribution in [0, 0.1) is 6.92 Å². The highest BCUT2D eigenvalue weighted by Gasteiger charge is 2.21. The van der Waals surface area contributed by atoms with Gasteiger partial charge in [0.15, 0.2) is 0 Å². The van der Waals surface area contributed by atoms with Gasteiger partial charge >= 0.3 is 0 Å². The minimum atomic E-state index is 0.108. The van der Waals surface area contributed by atoms with E-state index in [1.807, 2.05) is 30.0 Å². The first-order valence-electron chi connectivity index (χ1n) is 8.73. The summed E-state index contributed by atoms with van der Waals surface area (Å²) in [4.78, 5) is 27.5. The van der Waals surface area contributed by atoms with Gasteiger partial charge in [0.05, 0.1) is 11.9 Å². The Morgan fingerprint density at radius 2 is 1.92 bits per heavy atom. The lowest BCUT2D eigenvalue weighted by molar-refractivity contribution is -0.129. The van der Waals surface area contributed by atoms with Crippen molar-refractivity contribution in [2.75, 3.05) is 42.9 Å². The SMILES string of the molecule is Cc1cc2c(NCC(=O)N3CCN(c4ccccc4)CC3)ncnc2s1. The molecule has 7 heteroatoms. The number of benzene rings is 1.